The maximum Gasteiger partial charge on any atom is 0.311 e. The zero-order valence-electron chi connectivity index (χ0n) is 11.7. The van der Waals surface area contributed by atoms with Crippen molar-refractivity contribution in [2.75, 3.05) is 20.2 Å². The summed E-state index contributed by atoms with van der Waals surface area (Å²) in [4.78, 5) is 24.4. The average Bonchev–Trinajstić information content (AvgIpc) is 2.46. The van der Waals surface area contributed by atoms with Crippen LogP contribution in [0.4, 0.5) is 5.69 Å². The zero-order chi connectivity index (χ0) is 14.7. The predicted octanol–water partition coefficient (Wildman–Crippen LogP) is 1.59. The summed E-state index contributed by atoms with van der Waals surface area (Å²) >= 11 is 0. The number of methoxy groups -OCH3 is 1. The van der Waals surface area contributed by atoms with Crippen molar-refractivity contribution in [3.8, 4) is 5.75 Å². The number of nitrogens with zero attached hydrogens (tertiary/aromatic N) is 2. The van der Waals surface area contributed by atoms with E-state index in [9.17, 15) is 14.9 Å². The van der Waals surface area contributed by atoms with E-state index in [1.807, 2.05) is 0 Å². The highest BCUT2D eigenvalue weighted by Crippen LogP contribution is 2.28. The lowest BCUT2D eigenvalue weighted by Crippen LogP contribution is -2.42. The number of nitro groups is 1. The van der Waals surface area contributed by atoms with Crippen LogP contribution in [0.5, 0.6) is 5.75 Å². The van der Waals surface area contributed by atoms with Gasteiger partial charge in [-0.25, -0.2) is 0 Å². The van der Waals surface area contributed by atoms with Crippen LogP contribution >= 0.6 is 12.4 Å². The molecule has 1 saturated heterocycles. The molecule has 0 aromatic heterocycles. The van der Waals surface area contributed by atoms with E-state index in [0.29, 0.717) is 18.7 Å². The molecule has 1 aliphatic rings. The van der Waals surface area contributed by atoms with E-state index in [0.717, 1.165) is 12.8 Å². The van der Waals surface area contributed by atoms with Crippen LogP contribution in [0.25, 0.3) is 0 Å². The molecule has 21 heavy (non-hydrogen) atoms. The van der Waals surface area contributed by atoms with Gasteiger partial charge in [0.25, 0.3) is 5.91 Å². The molecule has 0 radical (unpaired) electrons. The molecule has 2 N–H and O–H groups in total. The second-order valence-corrected chi connectivity index (χ2v) is 4.77. The Bertz CT molecular complexity index is 530. The van der Waals surface area contributed by atoms with Gasteiger partial charge in [0.05, 0.1) is 12.0 Å². The number of rotatable bonds is 3. The van der Waals surface area contributed by atoms with E-state index in [4.69, 9.17) is 10.5 Å². The first-order valence-electron chi connectivity index (χ1n) is 6.40. The van der Waals surface area contributed by atoms with E-state index in [1.165, 1.54) is 19.2 Å². The first kappa shape index (κ1) is 17.2. The second-order valence-electron chi connectivity index (χ2n) is 4.77. The number of amides is 1. The number of hydrogen-bond donors (Lipinski definition) is 1. The number of carbonyl (C=O) groups excluding carboxylic acids is 1. The van der Waals surface area contributed by atoms with Crippen LogP contribution in [-0.2, 0) is 0 Å². The molecule has 116 valence electrons. The standard InChI is InChI=1S/C13H17N3O4.ClH/c1-20-12-3-2-9(8-11(12)16(18)19)13(17)15-6-4-10(14)5-7-15;/h2-3,8,10H,4-7,14H2,1H3;1H. The molecule has 1 aromatic carbocycles. The molecule has 1 aromatic rings. The van der Waals surface area contributed by atoms with Crippen LogP contribution in [0, 0.1) is 10.1 Å². The number of halogens is 1. The molecule has 0 spiro atoms. The van der Waals surface area contributed by atoms with E-state index < -0.39 is 4.92 Å². The minimum Gasteiger partial charge on any atom is -0.490 e. The lowest BCUT2D eigenvalue weighted by Gasteiger charge is -2.30. The van der Waals surface area contributed by atoms with Gasteiger partial charge in [0.2, 0.25) is 0 Å². The van der Waals surface area contributed by atoms with Crippen molar-refractivity contribution in [1.82, 2.24) is 4.90 Å². The third-order valence-corrected chi connectivity index (χ3v) is 3.45. The summed E-state index contributed by atoms with van der Waals surface area (Å²) in [6.45, 7) is 1.17. The van der Waals surface area contributed by atoms with Crippen molar-refractivity contribution in [1.29, 1.82) is 0 Å². The molecule has 0 aliphatic carbocycles. The summed E-state index contributed by atoms with van der Waals surface area (Å²) < 4.78 is 4.92. The molecule has 7 nitrogen and oxygen atoms in total. The van der Waals surface area contributed by atoms with Crippen LogP contribution in [-0.4, -0.2) is 42.0 Å². The number of hydrogen-bond acceptors (Lipinski definition) is 5. The number of nitrogens with two attached hydrogens (primary N) is 1. The minimum atomic E-state index is -0.554. The van der Waals surface area contributed by atoms with E-state index in [2.05, 4.69) is 0 Å². The Kier molecular flexibility index (Phi) is 5.92. The summed E-state index contributed by atoms with van der Waals surface area (Å²) in [5.74, 6) is -0.0603. The van der Waals surface area contributed by atoms with Gasteiger partial charge in [0.15, 0.2) is 5.75 Å². The summed E-state index contributed by atoms with van der Waals surface area (Å²) in [6.07, 6.45) is 1.51. The molecule has 0 saturated carbocycles. The van der Waals surface area contributed by atoms with Gasteiger partial charge in [-0.15, -0.1) is 12.4 Å². The molecule has 0 unspecified atom stereocenters. The van der Waals surface area contributed by atoms with E-state index in [1.54, 1.807) is 11.0 Å². The fourth-order valence-corrected chi connectivity index (χ4v) is 2.25. The summed E-state index contributed by atoms with van der Waals surface area (Å²) in [6, 6.07) is 4.38. The zero-order valence-corrected chi connectivity index (χ0v) is 12.5. The lowest BCUT2D eigenvalue weighted by atomic mass is 10.0. The second kappa shape index (κ2) is 7.24. The van der Waals surface area contributed by atoms with Gasteiger partial charge < -0.3 is 15.4 Å². The Morgan fingerprint density at radius 1 is 1.43 bits per heavy atom. The monoisotopic (exact) mass is 315 g/mol. The van der Waals surface area contributed by atoms with Gasteiger partial charge in [0.1, 0.15) is 0 Å². The summed E-state index contributed by atoms with van der Waals surface area (Å²) in [7, 11) is 1.36. The van der Waals surface area contributed by atoms with Crippen LogP contribution in [0.3, 0.4) is 0 Å². The predicted molar refractivity (Wildman–Crippen MR) is 80.0 cm³/mol. The fraction of sp³-hybridized carbons (Fsp3) is 0.462. The molecule has 1 heterocycles. The normalized spacial score (nSPS) is 15.2. The lowest BCUT2D eigenvalue weighted by molar-refractivity contribution is -0.385. The minimum absolute atomic E-state index is 0. The van der Waals surface area contributed by atoms with E-state index in [-0.39, 0.29) is 35.8 Å². The maximum absolute atomic E-state index is 12.3. The third-order valence-electron chi connectivity index (χ3n) is 3.45. The van der Waals surface area contributed by atoms with Gasteiger partial charge in [-0.2, -0.15) is 0 Å². The van der Waals surface area contributed by atoms with Gasteiger partial charge >= 0.3 is 5.69 Å². The highest BCUT2D eigenvalue weighted by atomic mass is 35.5. The maximum atomic E-state index is 12.3. The van der Waals surface area contributed by atoms with Crippen molar-refractivity contribution in [3.05, 3.63) is 33.9 Å². The highest BCUT2D eigenvalue weighted by molar-refractivity contribution is 5.95. The van der Waals surface area contributed by atoms with Gasteiger partial charge in [-0.05, 0) is 25.0 Å². The molecular formula is C13H18ClN3O4. The Balaban J connectivity index is 0.00000220. The number of nitro benzene ring substituents is 1. The molecule has 1 amide bonds. The van der Waals surface area contributed by atoms with Crippen LogP contribution < -0.4 is 10.5 Å². The number of benzene rings is 1. The van der Waals surface area contributed by atoms with Crippen LogP contribution in [0.2, 0.25) is 0 Å². The smallest absolute Gasteiger partial charge is 0.311 e. The summed E-state index contributed by atoms with van der Waals surface area (Å²) in [5, 5.41) is 11.0. The Morgan fingerprint density at radius 2 is 2.05 bits per heavy atom. The van der Waals surface area contributed by atoms with Crippen molar-refractivity contribution in [2.45, 2.75) is 18.9 Å². The Labute approximate surface area is 128 Å². The molecule has 0 bridgehead atoms. The van der Waals surface area contributed by atoms with Gasteiger partial charge in [-0.3, -0.25) is 14.9 Å². The van der Waals surface area contributed by atoms with E-state index >= 15 is 0 Å². The highest BCUT2D eigenvalue weighted by Gasteiger charge is 2.24. The topological polar surface area (TPSA) is 98.7 Å². The first-order chi connectivity index (χ1) is 9.52. The summed E-state index contributed by atoms with van der Waals surface area (Å²) in [5.41, 5.74) is 5.89. The molecule has 8 heteroatoms. The van der Waals surface area contributed by atoms with Crippen LogP contribution in [0.15, 0.2) is 18.2 Å². The van der Waals surface area contributed by atoms with Crippen molar-refractivity contribution < 1.29 is 14.5 Å². The molecule has 1 fully saturated rings. The number of carbonyl (C=O) groups is 1. The van der Waals surface area contributed by atoms with Crippen LogP contribution in [0.1, 0.15) is 23.2 Å². The Hall–Kier alpha value is -1.86. The van der Waals surface area contributed by atoms with Gasteiger partial charge in [-0.1, -0.05) is 0 Å². The molecule has 1 aliphatic heterocycles. The largest absolute Gasteiger partial charge is 0.490 e. The molecule has 2 rings (SSSR count). The quantitative estimate of drug-likeness (QED) is 0.674. The molecular weight excluding hydrogens is 298 g/mol. The fourth-order valence-electron chi connectivity index (χ4n) is 2.25. The average molecular weight is 316 g/mol. The van der Waals surface area contributed by atoms with Crippen molar-refractivity contribution in [3.63, 3.8) is 0 Å². The first-order valence-corrected chi connectivity index (χ1v) is 6.40. The SMILES string of the molecule is COc1ccc(C(=O)N2CCC(N)CC2)cc1[N+](=O)[O-].Cl. The third kappa shape index (κ3) is 3.83. The number of likely N-dealkylation sites (tertiary alicyclic amines) is 1. The Morgan fingerprint density at radius 3 is 2.57 bits per heavy atom. The van der Waals surface area contributed by atoms with Crippen molar-refractivity contribution >= 4 is 24.0 Å². The molecule has 0 atom stereocenters. The van der Waals surface area contributed by atoms with Crippen molar-refractivity contribution in [2.24, 2.45) is 5.73 Å². The number of piperidine rings is 1. The van der Waals surface area contributed by atoms with Gasteiger partial charge in [0, 0.05) is 30.8 Å². The number of ether oxygens (including phenoxy) is 1.